The van der Waals surface area contributed by atoms with Gasteiger partial charge in [0.1, 0.15) is 5.82 Å². The summed E-state index contributed by atoms with van der Waals surface area (Å²) in [6.07, 6.45) is -16.4. The zero-order chi connectivity index (χ0) is 22.1. The fourth-order valence-electron chi connectivity index (χ4n) is 2.30. The molecular weight excluding hydrogens is 409 g/mol. The van der Waals surface area contributed by atoms with Gasteiger partial charge in [-0.3, -0.25) is 0 Å². The molecule has 0 heterocycles. The van der Waals surface area contributed by atoms with E-state index in [0.717, 1.165) is 0 Å². The Morgan fingerprint density at radius 1 is 0.893 bits per heavy atom. The maximum atomic E-state index is 13.9. The van der Waals surface area contributed by atoms with Gasteiger partial charge in [-0.1, -0.05) is 6.58 Å². The van der Waals surface area contributed by atoms with Crippen LogP contribution in [0.5, 0.6) is 0 Å². The number of hydrogen-bond donors (Lipinski definition) is 1. The van der Waals surface area contributed by atoms with Gasteiger partial charge in [-0.2, -0.15) is 39.5 Å². The zero-order valence-corrected chi connectivity index (χ0v) is 13.9. The summed E-state index contributed by atoms with van der Waals surface area (Å²) >= 11 is 0. The van der Waals surface area contributed by atoms with E-state index < -0.39 is 52.4 Å². The molecule has 0 saturated heterocycles. The number of alkyl halides is 9. The van der Waals surface area contributed by atoms with E-state index in [1.807, 2.05) is 0 Å². The monoisotopic (exact) mass is 421 g/mol. The Kier molecular flexibility index (Phi) is 6.12. The molecule has 0 fully saturated rings. The third kappa shape index (κ3) is 4.57. The number of rotatable bonds is 5. The predicted octanol–water partition coefficient (Wildman–Crippen LogP) is 5.00. The van der Waals surface area contributed by atoms with Gasteiger partial charge in [-0.25, -0.2) is 4.99 Å². The summed E-state index contributed by atoms with van der Waals surface area (Å²) in [6.45, 7) is 6.31. The van der Waals surface area contributed by atoms with Gasteiger partial charge in [-0.15, -0.1) is 5.16 Å². The lowest BCUT2D eigenvalue weighted by Gasteiger charge is -2.34. The molecule has 0 radical (unpaired) electrons. The second-order valence-electron chi connectivity index (χ2n) is 5.38. The number of halogens is 9. The molecule has 1 atom stereocenters. The Morgan fingerprint density at radius 3 is 1.57 bits per heavy atom. The van der Waals surface area contributed by atoms with Gasteiger partial charge >= 0.3 is 18.5 Å². The summed E-state index contributed by atoms with van der Waals surface area (Å²) in [5.74, 6) is -0.707. The second-order valence-corrected chi connectivity index (χ2v) is 5.38. The molecule has 28 heavy (non-hydrogen) atoms. The van der Waals surface area contributed by atoms with Crippen LogP contribution in [0.1, 0.15) is 23.6 Å². The van der Waals surface area contributed by atoms with Crippen molar-refractivity contribution in [2.75, 3.05) is 0 Å². The van der Waals surface area contributed by atoms with Gasteiger partial charge in [0, 0.05) is 12.3 Å². The van der Waals surface area contributed by atoms with Crippen molar-refractivity contribution in [1.29, 1.82) is 0 Å². The normalized spacial score (nSPS) is 15.7. The predicted molar refractivity (Wildman–Crippen MR) is 81.2 cm³/mol. The molecule has 1 aromatic carbocycles. The molecule has 2 N–H and O–H groups in total. The van der Waals surface area contributed by atoms with Gasteiger partial charge in [0.05, 0.1) is 16.8 Å². The SMILES string of the molecule is C=NOC(/C(C)=N/C(=C)N)(c1cc(C(F)(F)F)cc(C(F)(F)F)c1)C(F)(F)F. The van der Waals surface area contributed by atoms with Gasteiger partial charge in [0.15, 0.2) is 0 Å². The highest BCUT2D eigenvalue weighted by Crippen LogP contribution is 2.47. The average molecular weight is 421 g/mol. The Balaban J connectivity index is 4.08. The van der Waals surface area contributed by atoms with Gasteiger partial charge in [0.2, 0.25) is 0 Å². The van der Waals surface area contributed by atoms with E-state index in [-0.39, 0.29) is 18.2 Å². The number of nitrogens with zero attached hydrogens (tertiary/aromatic N) is 2. The summed E-state index contributed by atoms with van der Waals surface area (Å²) in [5.41, 5.74) is -5.55. The van der Waals surface area contributed by atoms with Crippen LogP contribution in [0.4, 0.5) is 39.5 Å². The number of benzene rings is 1. The quantitative estimate of drug-likeness (QED) is 0.413. The van der Waals surface area contributed by atoms with Crippen LogP contribution in [-0.2, 0) is 22.8 Å². The largest absolute Gasteiger partial charge is 0.441 e. The van der Waals surface area contributed by atoms with Crippen molar-refractivity contribution < 1.29 is 44.4 Å². The zero-order valence-electron chi connectivity index (χ0n) is 13.9. The molecule has 0 saturated carbocycles. The molecule has 4 nitrogen and oxygen atoms in total. The van der Waals surface area contributed by atoms with E-state index in [0.29, 0.717) is 6.92 Å². The fourth-order valence-corrected chi connectivity index (χ4v) is 2.30. The second kappa shape index (κ2) is 7.36. The molecule has 156 valence electrons. The topological polar surface area (TPSA) is 60.0 Å². The van der Waals surface area contributed by atoms with Crippen LogP contribution in [0, 0.1) is 0 Å². The van der Waals surface area contributed by atoms with Crippen molar-refractivity contribution in [1.82, 2.24) is 0 Å². The Hall–Kier alpha value is -2.73. The first-order valence-corrected chi connectivity index (χ1v) is 6.98. The molecule has 0 amide bonds. The molecule has 0 aliphatic carbocycles. The van der Waals surface area contributed by atoms with E-state index in [9.17, 15) is 39.5 Å². The number of nitrogens with two attached hydrogens (primary N) is 1. The van der Waals surface area contributed by atoms with Crippen LogP contribution in [-0.4, -0.2) is 18.6 Å². The van der Waals surface area contributed by atoms with E-state index >= 15 is 0 Å². The fraction of sp³-hybridized carbons (Fsp3) is 0.333. The van der Waals surface area contributed by atoms with E-state index in [1.165, 1.54) is 0 Å². The van der Waals surface area contributed by atoms with Crippen molar-refractivity contribution in [3.63, 3.8) is 0 Å². The third-order valence-electron chi connectivity index (χ3n) is 3.42. The van der Waals surface area contributed by atoms with Crippen LogP contribution < -0.4 is 5.73 Å². The molecule has 0 aromatic heterocycles. The summed E-state index contributed by atoms with van der Waals surface area (Å²) < 4.78 is 120. The average Bonchev–Trinajstić information content (AvgIpc) is 2.48. The van der Waals surface area contributed by atoms with Crippen molar-refractivity contribution in [3.8, 4) is 0 Å². The van der Waals surface area contributed by atoms with Gasteiger partial charge in [-0.05, 0) is 25.1 Å². The number of aliphatic imine (C=N–C) groups is 1. The lowest BCUT2D eigenvalue weighted by Crippen LogP contribution is -2.50. The van der Waals surface area contributed by atoms with Crippen molar-refractivity contribution in [3.05, 3.63) is 47.3 Å². The molecular formula is C15H12F9N3O. The first kappa shape index (κ1) is 23.3. The van der Waals surface area contributed by atoms with Crippen LogP contribution in [0.25, 0.3) is 0 Å². The summed E-state index contributed by atoms with van der Waals surface area (Å²) in [6, 6.07) is -0.626. The molecule has 0 aliphatic rings. The Morgan fingerprint density at radius 2 is 1.29 bits per heavy atom. The smallest absolute Gasteiger partial charge is 0.384 e. The van der Waals surface area contributed by atoms with Gasteiger partial charge < -0.3 is 10.6 Å². The maximum Gasteiger partial charge on any atom is 0.441 e. The minimum Gasteiger partial charge on any atom is -0.384 e. The summed E-state index contributed by atoms with van der Waals surface area (Å²) in [7, 11) is 0. The lowest BCUT2D eigenvalue weighted by molar-refractivity contribution is -0.254. The van der Waals surface area contributed by atoms with Crippen molar-refractivity contribution >= 4 is 12.4 Å². The Labute approximate surface area is 152 Å². The van der Waals surface area contributed by atoms with Crippen LogP contribution in [0.2, 0.25) is 0 Å². The van der Waals surface area contributed by atoms with E-state index in [4.69, 9.17) is 5.73 Å². The standard InChI is InChI=1S/C15H12F9N3O/c1-7(27-8(2)25)12(28-26-3,15(22,23)24)9-4-10(13(16,17)18)6-11(5-9)14(19,20)21/h4-6H,2-3,25H2,1H3/b27-7+. The first-order valence-electron chi connectivity index (χ1n) is 6.98. The van der Waals surface area contributed by atoms with Crippen LogP contribution >= 0.6 is 0 Å². The minimum atomic E-state index is -5.61. The summed E-state index contributed by atoms with van der Waals surface area (Å²) in [5, 5.41) is 2.58. The highest BCUT2D eigenvalue weighted by molar-refractivity contribution is 5.93. The van der Waals surface area contributed by atoms with Crippen LogP contribution in [0.15, 0.2) is 40.7 Å². The van der Waals surface area contributed by atoms with Gasteiger partial charge in [0.25, 0.3) is 5.60 Å². The molecule has 1 unspecified atom stereocenters. The van der Waals surface area contributed by atoms with E-state index in [2.05, 4.69) is 28.3 Å². The molecule has 13 heteroatoms. The maximum absolute atomic E-state index is 13.9. The van der Waals surface area contributed by atoms with Crippen molar-refractivity contribution in [2.45, 2.75) is 31.1 Å². The summed E-state index contributed by atoms with van der Waals surface area (Å²) in [4.78, 5) is 7.40. The highest BCUT2D eigenvalue weighted by atomic mass is 19.4. The number of hydrogen-bond acceptors (Lipinski definition) is 4. The molecule has 0 aliphatic heterocycles. The molecule has 0 bridgehead atoms. The third-order valence-corrected chi connectivity index (χ3v) is 3.42. The molecule has 1 rings (SSSR count). The minimum absolute atomic E-state index is 0.147. The van der Waals surface area contributed by atoms with E-state index in [1.54, 1.807) is 0 Å². The molecule has 0 spiro atoms. The van der Waals surface area contributed by atoms with Crippen molar-refractivity contribution in [2.24, 2.45) is 15.9 Å². The van der Waals surface area contributed by atoms with Crippen LogP contribution in [0.3, 0.4) is 0 Å². The molecule has 1 aromatic rings. The first-order chi connectivity index (χ1) is 12.5. The number of oxime groups is 1. The highest BCUT2D eigenvalue weighted by Gasteiger charge is 2.63. The lowest BCUT2D eigenvalue weighted by atomic mass is 9.86. The Bertz CT molecular complexity index is 761.